The summed E-state index contributed by atoms with van der Waals surface area (Å²) in [6.45, 7) is 0. The molecule has 3 nitrogen and oxygen atoms in total. The second-order valence-electron chi connectivity index (χ2n) is 4.18. The van der Waals surface area contributed by atoms with Gasteiger partial charge in [0.05, 0.1) is 5.92 Å². The quantitative estimate of drug-likeness (QED) is 0.789. The van der Waals surface area contributed by atoms with Gasteiger partial charge in [0, 0.05) is 19.4 Å². The Hall–Kier alpha value is -1.19. The lowest BCUT2D eigenvalue weighted by molar-refractivity contribution is -0.128. The Balaban J connectivity index is 2.26. The summed E-state index contributed by atoms with van der Waals surface area (Å²) in [5.74, 6) is -0.122. The van der Waals surface area contributed by atoms with E-state index in [9.17, 15) is 9.90 Å². The third kappa shape index (κ3) is 2.01. The molecule has 0 bridgehead atoms. The maximum Gasteiger partial charge on any atom is 0.157 e. The average molecular weight is 220 g/mol. The Bertz CT molecular complexity index is 361. The number of carbonyl (C=O) groups is 1. The molecule has 0 aromatic heterocycles. The highest BCUT2D eigenvalue weighted by molar-refractivity contribution is 5.88. The molecule has 0 amide bonds. The third-order valence-electron chi connectivity index (χ3n) is 3.27. The zero-order valence-electron chi connectivity index (χ0n) is 9.30. The van der Waals surface area contributed by atoms with Crippen LogP contribution in [0, 0.1) is 5.92 Å². The van der Waals surface area contributed by atoms with Gasteiger partial charge < -0.3 is 9.84 Å². The molecule has 1 N–H and O–H groups in total. The Morgan fingerprint density at radius 2 is 2.06 bits per heavy atom. The van der Waals surface area contributed by atoms with Crippen LogP contribution >= 0.6 is 0 Å². The molecule has 1 fully saturated rings. The third-order valence-corrected chi connectivity index (χ3v) is 3.27. The first-order valence-electron chi connectivity index (χ1n) is 5.52. The molecule has 0 spiro atoms. The number of carbonyl (C=O) groups excluding carboxylic acids is 1. The van der Waals surface area contributed by atoms with Crippen LogP contribution in [0.15, 0.2) is 30.3 Å². The van der Waals surface area contributed by atoms with Gasteiger partial charge in [0.1, 0.15) is 5.78 Å². The van der Waals surface area contributed by atoms with Crippen LogP contribution in [0.1, 0.15) is 24.3 Å². The lowest BCUT2D eigenvalue weighted by Gasteiger charge is -2.22. The van der Waals surface area contributed by atoms with E-state index in [1.807, 2.05) is 30.3 Å². The van der Waals surface area contributed by atoms with E-state index in [1.165, 1.54) is 7.11 Å². The molecular formula is C13H16O3. The van der Waals surface area contributed by atoms with Crippen LogP contribution in [-0.4, -0.2) is 24.3 Å². The first-order valence-corrected chi connectivity index (χ1v) is 5.52. The fraction of sp³-hybridized carbons (Fsp3) is 0.462. The van der Waals surface area contributed by atoms with Gasteiger partial charge in [0.2, 0.25) is 0 Å². The fourth-order valence-corrected chi connectivity index (χ4v) is 2.45. The van der Waals surface area contributed by atoms with E-state index in [1.54, 1.807) is 0 Å². The minimum Gasteiger partial charge on any atom is -0.368 e. The van der Waals surface area contributed by atoms with Crippen LogP contribution < -0.4 is 0 Å². The summed E-state index contributed by atoms with van der Waals surface area (Å²) in [5, 5.41) is 9.73. The molecule has 0 saturated heterocycles. The monoisotopic (exact) mass is 220 g/mol. The van der Waals surface area contributed by atoms with Crippen molar-refractivity contribution in [2.24, 2.45) is 5.92 Å². The molecule has 16 heavy (non-hydrogen) atoms. The van der Waals surface area contributed by atoms with Gasteiger partial charge in [-0.2, -0.15) is 0 Å². The number of benzene rings is 1. The van der Waals surface area contributed by atoms with Crippen molar-refractivity contribution in [3.05, 3.63) is 35.9 Å². The molecule has 1 unspecified atom stereocenters. The molecule has 1 aromatic rings. The van der Waals surface area contributed by atoms with E-state index in [2.05, 4.69) is 0 Å². The van der Waals surface area contributed by atoms with Crippen molar-refractivity contribution in [1.29, 1.82) is 0 Å². The second-order valence-corrected chi connectivity index (χ2v) is 4.18. The topological polar surface area (TPSA) is 46.5 Å². The summed E-state index contributed by atoms with van der Waals surface area (Å²) in [6, 6.07) is 9.62. The van der Waals surface area contributed by atoms with Gasteiger partial charge >= 0.3 is 0 Å². The highest BCUT2D eigenvalue weighted by Crippen LogP contribution is 2.38. The van der Waals surface area contributed by atoms with Crippen molar-refractivity contribution in [2.75, 3.05) is 7.11 Å². The molecule has 3 heteroatoms. The van der Waals surface area contributed by atoms with Gasteiger partial charge in [-0.3, -0.25) is 4.79 Å². The molecule has 1 aliphatic rings. The van der Waals surface area contributed by atoms with E-state index >= 15 is 0 Å². The van der Waals surface area contributed by atoms with Crippen molar-refractivity contribution in [3.8, 4) is 0 Å². The van der Waals surface area contributed by atoms with E-state index < -0.39 is 6.29 Å². The Morgan fingerprint density at radius 1 is 1.38 bits per heavy atom. The molecule has 0 heterocycles. The van der Waals surface area contributed by atoms with Crippen LogP contribution in [0.5, 0.6) is 0 Å². The van der Waals surface area contributed by atoms with Crippen molar-refractivity contribution in [2.45, 2.75) is 25.0 Å². The predicted molar refractivity (Wildman–Crippen MR) is 59.9 cm³/mol. The molecule has 0 aliphatic heterocycles. The van der Waals surface area contributed by atoms with Crippen LogP contribution in [0.3, 0.4) is 0 Å². The molecule has 86 valence electrons. The van der Waals surface area contributed by atoms with Gasteiger partial charge in [-0.1, -0.05) is 30.3 Å². The molecule has 1 aliphatic carbocycles. The van der Waals surface area contributed by atoms with Gasteiger partial charge in [-0.15, -0.1) is 0 Å². The van der Waals surface area contributed by atoms with Gasteiger partial charge in [0.15, 0.2) is 6.29 Å². The summed E-state index contributed by atoms with van der Waals surface area (Å²) < 4.78 is 4.94. The Labute approximate surface area is 95.0 Å². The SMILES string of the molecule is CO[C@H](O)C1CCC(=O)[C@@H]1c1ccccc1. The zero-order valence-corrected chi connectivity index (χ0v) is 9.30. The maximum atomic E-state index is 11.8. The number of ether oxygens (including phenoxy) is 1. The van der Waals surface area contributed by atoms with E-state index in [4.69, 9.17) is 4.74 Å². The van der Waals surface area contributed by atoms with Crippen molar-refractivity contribution in [1.82, 2.24) is 0 Å². The van der Waals surface area contributed by atoms with Crippen LogP contribution in [0.25, 0.3) is 0 Å². The first-order chi connectivity index (χ1) is 7.74. The molecule has 3 atom stereocenters. The standard InChI is InChI=1S/C13H16O3/c1-16-13(15)10-7-8-11(14)12(10)9-5-3-2-4-6-9/h2-6,10,12-13,15H,7-8H2,1H3/t10?,12-,13+/m1/s1. The van der Waals surface area contributed by atoms with Crippen LogP contribution in [0.4, 0.5) is 0 Å². The summed E-state index contributed by atoms with van der Waals surface area (Å²) >= 11 is 0. The van der Waals surface area contributed by atoms with Gasteiger partial charge in [-0.05, 0) is 12.0 Å². The molecule has 2 rings (SSSR count). The Kier molecular flexibility index (Phi) is 3.36. The van der Waals surface area contributed by atoms with Gasteiger partial charge in [-0.25, -0.2) is 0 Å². The predicted octanol–water partition coefficient (Wildman–Crippen LogP) is 1.71. The number of rotatable bonds is 3. The lowest BCUT2D eigenvalue weighted by atomic mass is 9.88. The minimum atomic E-state index is -0.850. The highest BCUT2D eigenvalue weighted by atomic mass is 16.6. The number of aliphatic hydroxyl groups excluding tert-OH is 1. The fourth-order valence-electron chi connectivity index (χ4n) is 2.45. The van der Waals surface area contributed by atoms with Crippen molar-refractivity contribution < 1.29 is 14.6 Å². The Morgan fingerprint density at radius 3 is 2.69 bits per heavy atom. The zero-order chi connectivity index (χ0) is 11.5. The van der Waals surface area contributed by atoms with E-state index in [0.717, 1.165) is 5.56 Å². The van der Waals surface area contributed by atoms with E-state index in [0.29, 0.717) is 12.8 Å². The summed E-state index contributed by atoms with van der Waals surface area (Å²) in [4.78, 5) is 11.8. The second kappa shape index (κ2) is 4.76. The molecule has 1 saturated carbocycles. The number of methoxy groups -OCH3 is 1. The maximum absolute atomic E-state index is 11.8. The number of Topliss-reactive ketones (excluding diaryl/α,β-unsaturated/α-hetero) is 1. The number of hydrogen-bond donors (Lipinski definition) is 1. The number of aliphatic hydroxyl groups is 1. The number of ketones is 1. The summed E-state index contributed by atoms with van der Waals surface area (Å²) in [6.07, 6.45) is 0.384. The molecular weight excluding hydrogens is 204 g/mol. The summed E-state index contributed by atoms with van der Waals surface area (Å²) in [7, 11) is 1.47. The minimum absolute atomic E-state index is 0.111. The summed E-state index contributed by atoms with van der Waals surface area (Å²) in [5.41, 5.74) is 0.978. The number of hydrogen-bond acceptors (Lipinski definition) is 3. The molecule has 0 radical (unpaired) electrons. The van der Waals surface area contributed by atoms with Crippen LogP contribution in [0.2, 0.25) is 0 Å². The average Bonchev–Trinajstić information content (AvgIpc) is 2.71. The highest BCUT2D eigenvalue weighted by Gasteiger charge is 2.39. The first kappa shape index (κ1) is 11.3. The largest absolute Gasteiger partial charge is 0.368 e. The van der Waals surface area contributed by atoms with Crippen LogP contribution in [-0.2, 0) is 9.53 Å². The van der Waals surface area contributed by atoms with Crippen molar-refractivity contribution in [3.63, 3.8) is 0 Å². The lowest BCUT2D eigenvalue weighted by Crippen LogP contribution is -2.26. The van der Waals surface area contributed by atoms with Gasteiger partial charge in [0.25, 0.3) is 0 Å². The van der Waals surface area contributed by atoms with Crippen molar-refractivity contribution >= 4 is 5.78 Å². The normalized spacial score (nSPS) is 27.0. The molecule has 1 aromatic carbocycles. The smallest absolute Gasteiger partial charge is 0.157 e. The van der Waals surface area contributed by atoms with E-state index in [-0.39, 0.29) is 17.6 Å².